The number of hydrogen-bond acceptors (Lipinski definition) is 2. The summed E-state index contributed by atoms with van der Waals surface area (Å²) < 4.78 is 2.09. The lowest BCUT2D eigenvalue weighted by Crippen LogP contribution is -2.26. The van der Waals surface area contributed by atoms with Crippen molar-refractivity contribution in [1.82, 2.24) is 14.9 Å². The zero-order valence-corrected chi connectivity index (χ0v) is 13.9. The molecule has 1 atom stereocenters. The van der Waals surface area contributed by atoms with Gasteiger partial charge in [-0.2, -0.15) is 0 Å². The molecule has 0 aliphatic heterocycles. The number of benzene rings is 1. The minimum absolute atomic E-state index is 0.152. The molecule has 114 valence electrons. The van der Waals surface area contributed by atoms with Crippen molar-refractivity contribution >= 4 is 0 Å². The van der Waals surface area contributed by atoms with Gasteiger partial charge in [0.2, 0.25) is 0 Å². The fourth-order valence-corrected chi connectivity index (χ4v) is 2.48. The van der Waals surface area contributed by atoms with E-state index in [0.29, 0.717) is 0 Å². The van der Waals surface area contributed by atoms with Crippen LogP contribution in [0.25, 0.3) is 0 Å². The Hall–Kier alpha value is -1.61. The minimum atomic E-state index is 0.152. The maximum absolute atomic E-state index is 4.52. The lowest BCUT2D eigenvalue weighted by molar-refractivity contribution is 0.553. The van der Waals surface area contributed by atoms with Gasteiger partial charge in [-0.15, -0.1) is 0 Å². The Bertz CT molecular complexity index is 561. The molecule has 1 aromatic carbocycles. The highest BCUT2D eigenvalue weighted by Gasteiger charge is 2.19. The van der Waals surface area contributed by atoms with E-state index < -0.39 is 0 Å². The highest BCUT2D eigenvalue weighted by Crippen LogP contribution is 2.26. The molecule has 0 saturated heterocycles. The summed E-state index contributed by atoms with van der Waals surface area (Å²) in [4.78, 5) is 4.52. The molecule has 1 aromatic heterocycles. The second-order valence-electron chi connectivity index (χ2n) is 6.66. The van der Waals surface area contributed by atoms with E-state index in [9.17, 15) is 0 Å². The molecule has 0 aliphatic rings. The average Bonchev–Trinajstić information content (AvgIpc) is 2.85. The van der Waals surface area contributed by atoms with Crippen molar-refractivity contribution < 1.29 is 0 Å². The molecule has 1 heterocycles. The van der Waals surface area contributed by atoms with E-state index in [1.807, 2.05) is 19.4 Å². The third kappa shape index (κ3) is 3.73. The van der Waals surface area contributed by atoms with Crippen LogP contribution in [-0.2, 0) is 12.5 Å². The Kier molecular flexibility index (Phi) is 4.84. The van der Waals surface area contributed by atoms with Gasteiger partial charge >= 0.3 is 0 Å². The number of imidazole rings is 1. The van der Waals surface area contributed by atoms with Crippen molar-refractivity contribution in [3.05, 3.63) is 53.6 Å². The standard InChI is InChI=1S/C18H27N3/c1-6-11-19-16(17-20-12-13-21(17)5)14-7-9-15(10-8-14)18(2,3)4/h7-10,12-13,16,19H,6,11H2,1-5H3. The van der Waals surface area contributed by atoms with E-state index in [-0.39, 0.29) is 11.5 Å². The predicted octanol–water partition coefficient (Wildman–Crippen LogP) is 3.81. The lowest BCUT2D eigenvalue weighted by atomic mass is 9.86. The van der Waals surface area contributed by atoms with Crippen molar-refractivity contribution in [1.29, 1.82) is 0 Å². The fourth-order valence-electron chi connectivity index (χ4n) is 2.48. The second kappa shape index (κ2) is 6.44. The summed E-state index contributed by atoms with van der Waals surface area (Å²) in [6.45, 7) is 9.90. The molecule has 21 heavy (non-hydrogen) atoms. The molecule has 0 radical (unpaired) electrons. The van der Waals surface area contributed by atoms with E-state index in [4.69, 9.17) is 0 Å². The third-order valence-corrected chi connectivity index (χ3v) is 3.83. The van der Waals surface area contributed by atoms with E-state index in [1.54, 1.807) is 0 Å². The Balaban J connectivity index is 2.31. The molecule has 0 spiro atoms. The van der Waals surface area contributed by atoms with Crippen molar-refractivity contribution in [2.45, 2.75) is 45.6 Å². The van der Waals surface area contributed by atoms with Crippen LogP contribution in [0.5, 0.6) is 0 Å². The average molecular weight is 285 g/mol. The Labute approximate surface area is 128 Å². The molecule has 0 bridgehead atoms. The number of aryl methyl sites for hydroxylation is 1. The summed E-state index contributed by atoms with van der Waals surface area (Å²) in [5.41, 5.74) is 2.82. The van der Waals surface area contributed by atoms with Crippen molar-refractivity contribution in [2.75, 3.05) is 6.54 Å². The zero-order valence-electron chi connectivity index (χ0n) is 13.9. The van der Waals surface area contributed by atoms with E-state index in [1.165, 1.54) is 11.1 Å². The summed E-state index contributed by atoms with van der Waals surface area (Å²) in [6, 6.07) is 9.07. The molecule has 0 aliphatic carbocycles. The molecule has 0 fully saturated rings. The first-order valence-corrected chi connectivity index (χ1v) is 7.74. The van der Waals surface area contributed by atoms with E-state index in [2.05, 4.69) is 66.8 Å². The molecule has 3 heteroatoms. The van der Waals surface area contributed by atoms with Crippen LogP contribution in [0.3, 0.4) is 0 Å². The van der Waals surface area contributed by atoms with Gasteiger partial charge in [-0.05, 0) is 29.5 Å². The van der Waals surface area contributed by atoms with E-state index >= 15 is 0 Å². The monoisotopic (exact) mass is 285 g/mol. The Morgan fingerprint density at radius 2 is 1.86 bits per heavy atom. The molecule has 2 aromatic rings. The number of rotatable bonds is 5. The Morgan fingerprint density at radius 1 is 1.19 bits per heavy atom. The quantitative estimate of drug-likeness (QED) is 0.905. The normalized spacial score (nSPS) is 13.4. The van der Waals surface area contributed by atoms with Crippen LogP contribution in [0.2, 0.25) is 0 Å². The van der Waals surface area contributed by atoms with Gasteiger partial charge < -0.3 is 9.88 Å². The Morgan fingerprint density at radius 3 is 2.33 bits per heavy atom. The van der Waals surface area contributed by atoms with Gasteiger partial charge in [0, 0.05) is 19.4 Å². The van der Waals surface area contributed by atoms with Gasteiger partial charge in [-0.25, -0.2) is 4.98 Å². The van der Waals surface area contributed by atoms with Crippen LogP contribution in [0.15, 0.2) is 36.7 Å². The van der Waals surface area contributed by atoms with Gasteiger partial charge in [0.15, 0.2) is 0 Å². The van der Waals surface area contributed by atoms with Gasteiger partial charge in [-0.3, -0.25) is 0 Å². The smallest absolute Gasteiger partial charge is 0.130 e. The van der Waals surface area contributed by atoms with Gasteiger partial charge in [-0.1, -0.05) is 52.0 Å². The summed E-state index contributed by atoms with van der Waals surface area (Å²) in [6.07, 6.45) is 4.97. The van der Waals surface area contributed by atoms with Crippen LogP contribution < -0.4 is 5.32 Å². The van der Waals surface area contributed by atoms with E-state index in [0.717, 1.165) is 18.8 Å². The number of aromatic nitrogens is 2. The van der Waals surface area contributed by atoms with Crippen molar-refractivity contribution in [2.24, 2.45) is 7.05 Å². The lowest BCUT2D eigenvalue weighted by Gasteiger charge is -2.22. The molecule has 2 rings (SSSR count). The topological polar surface area (TPSA) is 29.9 Å². The molecule has 0 saturated carbocycles. The molecular formula is C18H27N3. The predicted molar refractivity (Wildman–Crippen MR) is 88.5 cm³/mol. The minimum Gasteiger partial charge on any atom is -0.336 e. The first-order chi connectivity index (χ1) is 9.93. The molecule has 1 N–H and O–H groups in total. The highest BCUT2D eigenvalue weighted by atomic mass is 15.1. The molecular weight excluding hydrogens is 258 g/mol. The van der Waals surface area contributed by atoms with Crippen LogP contribution in [0.4, 0.5) is 0 Å². The largest absolute Gasteiger partial charge is 0.336 e. The summed E-state index contributed by atoms with van der Waals surface area (Å²) in [5.74, 6) is 1.06. The van der Waals surface area contributed by atoms with Crippen molar-refractivity contribution in [3.63, 3.8) is 0 Å². The molecule has 1 unspecified atom stereocenters. The van der Waals surface area contributed by atoms with Crippen LogP contribution in [0.1, 0.15) is 57.1 Å². The summed E-state index contributed by atoms with van der Waals surface area (Å²) >= 11 is 0. The first-order valence-electron chi connectivity index (χ1n) is 7.74. The van der Waals surface area contributed by atoms with Crippen LogP contribution >= 0.6 is 0 Å². The van der Waals surface area contributed by atoms with Gasteiger partial charge in [0.05, 0.1) is 6.04 Å². The first kappa shape index (κ1) is 15.8. The summed E-state index contributed by atoms with van der Waals surface area (Å²) in [7, 11) is 2.05. The highest BCUT2D eigenvalue weighted by molar-refractivity contribution is 5.32. The molecule has 0 amide bonds. The summed E-state index contributed by atoms with van der Waals surface area (Å²) in [5, 5.41) is 3.60. The van der Waals surface area contributed by atoms with Crippen LogP contribution in [-0.4, -0.2) is 16.1 Å². The van der Waals surface area contributed by atoms with Crippen molar-refractivity contribution in [3.8, 4) is 0 Å². The number of nitrogens with zero attached hydrogens (tertiary/aromatic N) is 2. The molecule has 3 nitrogen and oxygen atoms in total. The maximum Gasteiger partial charge on any atom is 0.130 e. The number of nitrogens with one attached hydrogen (secondary N) is 1. The maximum atomic E-state index is 4.52. The zero-order chi connectivity index (χ0) is 15.5. The second-order valence-corrected chi connectivity index (χ2v) is 6.66. The van der Waals surface area contributed by atoms with Gasteiger partial charge in [0.25, 0.3) is 0 Å². The SMILES string of the molecule is CCCNC(c1ccc(C(C)(C)C)cc1)c1nccn1C. The van der Waals surface area contributed by atoms with Gasteiger partial charge in [0.1, 0.15) is 5.82 Å². The third-order valence-electron chi connectivity index (χ3n) is 3.83. The van der Waals surface area contributed by atoms with Crippen LogP contribution in [0, 0.1) is 0 Å². The fraction of sp³-hybridized carbons (Fsp3) is 0.500. The number of hydrogen-bond donors (Lipinski definition) is 1.